The summed E-state index contributed by atoms with van der Waals surface area (Å²) in [6, 6.07) is 1.33. The largest absolute Gasteiger partial charge is 0.472 e. The second kappa shape index (κ2) is 6.34. The van der Waals surface area contributed by atoms with E-state index in [1.807, 2.05) is 0 Å². The Hall–Kier alpha value is -2.64. The van der Waals surface area contributed by atoms with E-state index in [4.69, 9.17) is 8.94 Å². The van der Waals surface area contributed by atoms with Gasteiger partial charge in [-0.2, -0.15) is 4.98 Å². The molecule has 1 aliphatic heterocycles. The molecular formula is C17H20N4O4. The standard InChI is InChI=1S/C17H20N4O4/c22-15-17(7-4-2-1-3-5-8-17)19-16(23)21(15)10-13-18-14(20-25-13)12-6-9-24-11-12/h6,9,11H,1-5,7-8,10H2,(H,19,23). The summed E-state index contributed by atoms with van der Waals surface area (Å²) in [6.45, 7) is -0.0166. The zero-order chi connectivity index (χ0) is 17.3. The van der Waals surface area contributed by atoms with Gasteiger partial charge < -0.3 is 14.3 Å². The maximum absolute atomic E-state index is 12.9. The molecule has 0 radical (unpaired) electrons. The van der Waals surface area contributed by atoms with E-state index in [1.165, 1.54) is 23.8 Å². The fourth-order valence-corrected chi connectivity index (χ4v) is 3.63. The Morgan fingerprint density at radius 3 is 2.64 bits per heavy atom. The van der Waals surface area contributed by atoms with Gasteiger partial charge in [-0.3, -0.25) is 9.69 Å². The molecule has 0 bridgehead atoms. The number of aromatic nitrogens is 2. The predicted octanol–water partition coefficient (Wildman–Crippen LogP) is 2.86. The van der Waals surface area contributed by atoms with Gasteiger partial charge in [0, 0.05) is 0 Å². The average molecular weight is 344 g/mol. The second-order valence-electron chi connectivity index (χ2n) is 6.70. The molecule has 1 saturated carbocycles. The van der Waals surface area contributed by atoms with Gasteiger partial charge in [-0.15, -0.1) is 0 Å². The molecule has 2 fully saturated rings. The molecule has 1 aliphatic carbocycles. The molecule has 1 N–H and O–H groups in total. The number of nitrogens with zero attached hydrogens (tertiary/aromatic N) is 3. The van der Waals surface area contributed by atoms with Crippen LogP contribution in [0.1, 0.15) is 50.8 Å². The summed E-state index contributed by atoms with van der Waals surface area (Å²) in [5, 5.41) is 6.79. The van der Waals surface area contributed by atoms with Crippen LogP contribution in [-0.4, -0.2) is 32.5 Å². The van der Waals surface area contributed by atoms with Crippen LogP contribution in [0.2, 0.25) is 0 Å². The van der Waals surface area contributed by atoms with Gasteiger partial charge >= 0.3 is 6.03 Å². The lowest BCUT2D eigenvalue weighted by molar-refractivity contribution is -0.132. The monoisotopic (exact) mass is 344 g/mol. The number of imide groups is 1. The summed E-state index contributed by atoms with van der Waals surface area (Å²) in [5.74, 6) is 0.418. The second-order valence-corrected chi connectivity index (χ2v) is 6.70. The number of urea groups is 1. The van der Waals surface area contributed by atoms with Gasteiger partial charge in [0.1, 0.15) is 18.3 Å². The normalized spacial score (nSPS) is 20.6. The first-order chi connectivity index (χ1) is 12.2. The minimum atomic E-state index is -0.759. The van der Waals surface area contributed by atoms with Crippen LogP contribution in [0.25, 0.3) is 11.4 Å². The van der Waals surface area contributed by atoms with Crippen molar-refractivity contribution in [1.29, 1.82) is 0 Å². The van der Waals surface area contributed by atoms with Crippen LogP contribution < -0.4 is 5.32 Å². The number of hydrogen-bond acceptors (Lipinski definition) is 6. The zero-order valence-corrected chi connectivity index (χ0v) is 13.9. The molecule has 8 nitrogen and oxygen atoms in total. The number of furan rings is 1. The Bertz CT molecular complexity index is 759. The predicted molar refractivity (Wildman–Crippen MR) is 86.1 cm³/mol. The number of nitrogens with one attached hydrogen (secondary N) is 1. The van der Waals surface area contributed by atoms with Gasteiger partial charge in [0.2, 0.25) is 11.7 Å². The molecule has 2 aromatic rings. The Balaban J connectivity index is 1.51. The van der Waals surface area contributed by atoms with E-state index in [0.29, 0.717) is 24.2 Å². The van der Waals surface area contributed by atoms with Crippen molar-refractivity contribution in [3.05, 3.63) is 24.5 Å². The van der Waals surface area contributed by atoms with Crippen LogP contribution in [0.5, 0.6) is 0 Å². The Kier molecular flexibility index (Phi) is 4.03. The molecule has 3 amide bonds. The van der Waals surface area contributed by atoms with Crippen LogP contribution in [-0.2, 0) is 11.3 Å². The summed E-state index contributed by atoms with van der Waals surface area (Å²) >= 11 is 0. The van der Waals surface area contributed by atoms with Gasteiger partial charge in [-0.25, -0.2) is 4.79 Å². The van der Waals surface area contributed by atoms with E-state index in [2.05, 4.69) is 15.5 Å². The van der Waals surface area contributed by atoms with E-state index in [0.717, 1.165) is 25.7 Å². The summed E-state index contributed by atoms with van der Waals surface area (Å²) in [6.07, 6.45) is 9.70. The number of carbonyl (C=O) groups excluding carboxylic acids is 2. The molecule has 132 valence electrons. The smallest absolute Gasteiger partial charge is 0.325 e. The lowest BCUT2D eigenvalue weighted by Gasteiger charge is -2.28. The van der Waals surface area contributed by atoms with Gasteiger partial charge in [-0.05, 0) is 18.9 Å². The molecule has 2 aliphatic rings. The van der Waals surface area contributed by atoms with E-state index < -0.39 is 5.54 Å². The number of hydrogen-bond donors (Lipinski definition) is 1. The lowest BCUT2D eigenvalue weighted by atomic mass is 9.84. The third-order valence-electron chi connectivity index (χ3n) is 4.99. The Morgan fingerprint density at radius 2 is 1.92 bits per heavy atom. The minimum Gasteiger partial charge on any atom is -0.472 e. The van der Waals surface area contributed by atoms with Crippen LogP contribution in [0.4, 0.5) is 4.79 Å². The van der Waals surface area contributed by atoms with Crippen LogP contribution >= 0.6 is 0 Å². The fraction of sp³-hybridized carbons (Fsp3) is 0.529. The highest BCUT2D eigenvalue weighted by Gasteiger charge is 2.50. The van der Waals surface area contributed by atoms with Crippen molar-refractivity contribution in [2.75, 3.05) is 0 Å². The van der Waals surface area contributed by atoms with Crippen LogP contribution in [0.15, 0.2) is 27.5 Å². The van der Waals surface area contributed by atoms with Crippen molar-refractivity contribution < 1.29 is 18.5 Å². The zero-order valence-electron chi connectivity index (χ0n) is 13.9. The summed E-state index contributed by atoms with van der Waals surface area (Å²) in [7, 11) is 0. The quantitative estimate of drug-likeness (QED) is 0.859. The maximum atomic E-state index is 12.9. The van der Waals surface area contributed by atoms with Crippen molar-refractivity contribution in [3.63, 3.8) is 0 Å². The van der Waals surface area contributed by atoms with Gasteiger partial charge in [-0.1, -0.05) is 37.3 Å². The highest BCUT2D eigenvalue weighted by Crippen LogP contribution is 2.32. The van der Waals surface area contributed by atoms with Crippen molar-refractivity contribution >= 4 is 11.9 Å². The average Bonchev–Trinajstić information content (AvgIpc) is 3.28. The number of carbonyl (C=O) groups is 2. The molecular weight excluding hydrogens is 324 g/mol. The van der Waals surface area contributed by atoms with Gasteiger partial charge in [0.15, 0.2) is 0 Å². The first kappa shape index (κ1) is 15.9. The molecule has 1 saturated heterocycles. The van der Waals surface area contributed by atoms with E-state index >= 15 is 0 Å². The Labute approximate surface area is 144 Å². The molecule has 2 aromatic heterocycles. The molecule has 3 heterocycles. The van der Waals surface area contributed by atoms with Crippen LogP contribution in [0, 0.1) is 0 Å². The minimum absolute atomic E-state index is 0.0166. The molecule has 8 heteroatoms. The Morgan fingerprint density at radius 1 is 1.16 bits per heavy atom. The summed E-state index contributed by atoms with van der Waals surface area (Å²) in [4.78, 5) is 30.7. The summed E-state index contributed by atoms with van der Waals surface area (Å²) < 4.78 is 10.2. The third-order valence-corrected chi connectivity index (χ3v) is 4.99. The van der Waals surface area contributed by atoms with Crippen molar-refractivity contribution in [3.8, 4) is 11.4 Å². The van der Waals surface area contributed by atoms with Gasteiger partial charge in [0.05, 0.1) is 11.8 Å². The summed E-state index contributed by atoms with van der Waals surface area (Å²) in [5.41, 5.74) is -0.0750. The van der Waals surface area contributed by atoms with E-state index in [9.17, 15) is 9.59 Å². The molecule has 25 heavy (non-hydrogen) atoms. The topological polar surface area (TPSA) is 101 Å². The van der Waals surface area contributed by atoms with Crippen LogP contribution in [0.3, 0.4) is 0 Å². The van der Waals surface area contributed by atoms with Crippen molar-refractivity contribution in [1.82, 2.24) is 20.4 Å². The van der Waals surface area contributed by atoms with Gasteiger partial charge in [0.25, 0.3) is 5.91 Å². The highest BCUT2D eigenvalue weighted by molar-refractivity contribution is 6.06. The van der Waals surface area contributed by atoms with E-state index in [1.54, 1.807) is 6.07 Å². The first-order valence-electron chi connectivity index (χ1n) is 8.67. The molecule has 4 rings (SSSR count). The molecule has 0 atom stereocenters. The molecule has 0 aromatic carbocycles. The molecule has 0 unspecified atom stereocenters. The highest BCUT2D eigenvalue weighted by atomic mass is 16.5. The van der Waals surface area contributed by atoms with Crippen molar-refractivity contribution in [2.24, 2.45) is 0 Å². The third kappa shape index (κ3) is 2.92. The lowest BCUT2D eigenvalue weighted by Crippen LogP contribution is -2.47. The van der Waals surface area contributed by atoms with E-state index in [-0.39, 0.29) is 24.4 Å². The number of rotatable bonds is 3. The fourth-order valence-electron chi connectivity index (χ4n) is 3.63. The number of amides is 3. The van der Waals surface area contributed by atoms with Crippen molar-refractivity contribution in [2.45, 2.75) is 57.0 Å². The SMILES string of the molecule is O=C1NC2(CCCCCCC2)C(=O)N1Cc1nc(-c2ccoc2)no1. The maximum Gasteiger partial charge on any atom is 0.325 e. The molecule has 1 spiro atoms. The first-order valence-corrected chi connectivity index (χ1v) is 8.67.